The molecule has 33 heavy (non-hydrogen) atoms. The fourth-order valence-corrected chi connectivity index (χ4v) is 6.68. The zero-order valence-corrected chi connectivity index (χ0v) is 19.3. The molecule has 2 N–H and O–H groups in total. The van der Waals surface area contributed by atoms with Crippen LogP contribution in [0.5, 0.6) is 5.75 Å². The number of allylic oxidation sites excluding steroid dienone is 1. The number of ether oxygens (including phenoxy) is 1. The highest BCUT2D eigenvalue weighted by Crippen LogP contribution is 2.56. The average molecular weight is 467 g/mol. The van der Waals surface area contributed by atoms with E-state index in [0.29, 0.717) is 11.4 Å². The van der Waals surface area contributed by atoms with Crippen LogP contribution in [0.25, 0.3) is 0 Å². The van der Waals surface area contributed by atoms with E-state index in [1.165, 1.54) is 0 Å². The predicted octanol–water partition coefficient (Wildman–Crippen LogP) is 6.55. The number of hydrogen-bond donors (Lipinski definition) is 2. The van der Waals surface area contributed by atoms with Crippen molar-refractivity contribution in [2.24, 2.45) is 0 Å². The molecule has 5 nitrogen and oxygen atoms in total. The number of para-hydroxylation sites is 2. The molecule has 0 fully saturated rings. The van der Waals surface area contributed by atoms with Crippen LogP contribution in [0, 0.1) is 16.7 Å². The Labute approximate surface area is 200 Å². The summed E-state index contributed by atoms with van der Waals surface area (Å²) in [5.41, 5.74) is 4.39. The number of fused-ring (bicyclic) bond motifs is 4. The van der Waals surface area contributed by atoms with E-state index in [4.69, 9.17) is 4.74 Å². The van der Waals surface area contributed by atoms with Gasteiger partial charge in [0.25, 0.3) is 0 Å². The Morgan fingerprint density at radius 3 is 2.42 bits per heavy atom. The van der Waals surface area contributed by atoms with Crippen molar-refractivity contribution < 1.29 is 4.74 Å². The molecule has 0 aliphatic carbocycles. The summed E-state index contributed by atoms with van der Waals surface area (Å²) in [6, 6.07) is 26.5. The minimum atomic E-state index is -0.356. The van der Waals surface area contributed by atoms with Crippen molar-refractivity contribution >= 4 is 40.7 Å². The van der Waals surface area contributed by atoms with Crippen molar-refractivity contribution in [3.63, 3.8) is 0 Å². The van der Waals surface area contributed by atoms with Crippen LogP contribution in [0.4, 0.5) is 11.4 Å². The van der Waals surface area contributed by atoms with Crippen LogP contribution in [-0.4, -0.2) is 12.9 Å². The summed E-state index contributed by atoms with van der Waals surface area (Å²) < 4.78 is 5.35. The number of benzene rings is 3. The Morgan fingerprint density at radius 1 is 0.970 bits per heavy atom. The van der Waals surface area contributed by atoms with Gasteiger partial charge < -0.3 is 10.1 Å². The van der Waals surface area contributed by atoms with Crippen molar-refractivity contribution in [1.82, 2.24) is 0 Å². The fourth-order valence-electron chi connectivity index (χ4n) is 4.43. The van der Waals surface area contributed by atoms with Gasteiger partial charge in [-0.2, -0.15) is 5.26 Å². The first kappa shape index (κ1) is 20.0. The Bertz CT molecular complexity index is 1390. The normalized spacial score (nSPS) is 20.7. The number of rotatable bonds is 2. The molecular formula is C26H18N4OS2. The molecule has 1 atom stereocenters. The smallest absolute Gasteiger partial charge is 0.137 e. The number of nitrogens with zero attached hydrogens (tertiary/aromatic N) is 2. The van der Waals surface area contributed by atoms with Gasteiger partial charge in [-0.1, -0.05) is 59.9 Å². The van der Waals surface area contributed by atoms with Gasteiger partial charge >= 0.3 is 0 Å². The molecule has 0 saturated heterocycles. The van der Waals surface area contributed by atoms with E-state index in [9.17, 15) is 10.7 Å². The van der Waals surface area contributed by atoms with Gasteiger partial charge in [-0.3, -0.25) is 10.3 Å². The molecule has 0 amide bonds. The monoisotopic (exact) mass is 466 g/mol. The summed E-state index contributed by atoms with van der Waals surface area (Å²) in [5, 5.41) is 24.9. The lowest BCUT2D eigenvalue weighted by molar-refractivity contribution is 0.414. The summed E-state index contributed by atoms with van der Waals surface area (Å²) in [4.78, 5) is 4.09. The standard InChI is InChI=1S/C26H18N4OS2/c1-31-16-12-10-15(11-13-16)22-17(14-27)26-30(19-7-3-5-9-21(19)33-26)24(28)23(22)25-29-18-6-2-4-8-20(18)32-25/h2-13,22,28-29H,1H3. The molecule has 3 aliphatic rings. The number of nitriles is 1. The molecule has 3 heterocycles. The highest BCUT2D eigenvalue weighted by molar-refractivity contribution is 8.04. The van der Waals surface area contributed by atoms with Crippen molar-refractivity contribution in [3.8, 4) is 11.8 Å². The second-order valence-electron chi connectivity index (χ2n) is 7.76. The largest absolute Gasteiger partial charge is 0.497 e. The van der Waals surface area contributed by atoms with Gasteiger partial charge in [-0.25, -0.2) is 0 Å². The third-order valence-electron chi connectivity index (χ3n) is 5.96. The van der Waals surface area contributed by atoms with Crippen LogP contribution in [0.15, 0.2) is 104 Å². The van der Waals surface area contributed by atoms with E-state index in [1.807, 2.05) is 71.6 Å². The van der Waals surface area contributed by atoms with Gasteiger partial charge in [-0.15, -0.1) is 0 Å². The van der Waals surface area contributed by atoms with E-state index in [-0.39, 0.29) is 5.92 Å². The summed E-state index contributed by atoms with van der Waals surface area (Å²) in [6.07, 6.45) is 0. The first-order valence-corrected chi connectivity index (χ1v) is 12.0. The minimum absolute atomic E-state index is 0.356. The van der Waals surface area contributed by atoms with E-state index in [2.05, 4.69) is 17.5 Å². The number of nitrogens with one attached hydrogen (secondary N) is 2. The molecule has 0 saturated carbocycles. The average Bonchev–Trinajstić information content (AvgIpc) is 3.45. The van der Waals surface area contributed by atoms with Gasteiger partial charge in [0.15, 0.2) is 0 Å². The summed E-state index contributed by atoms with van der Waals surface area (Å²) in [5.74, 6) is 0.797. The van der Waals surface area contributed by atoms with Gasteiger partial charge in [-0.05, 0) is 42.0 Å². The van der Waals surface area contributed by atoms with E-state index >= 15 is 0 Å². The number of thioether (sulfide) groups is 2. The zero-order valence-electron chi connectivity index (χ0n) is 17.6. The van der Waals surface area contributed by atoms with Crippen molar-refractivity contribution in [2.75, 3.05) is 17.3 Å². The lowest BCUT2D eigenvalue weighted by Crippen LogP contribution is -2.37. The summed E-state index contributed by atoms with van der Waals surface area (Å²) in [6.45, 7) is 0. The van der Waals surface area contributed by atoms with Gasteiger partial charge in [0.2, 0.25) is 0 Å². The van der Waals surface area contributed by atoms with Crippen LogP contribution >= 0.6 is 23.5 Å². The summed E-state index contributed by atoms with van der Waals surface area (Å²) in [7, 11) is 1.64. The number of anilines is 2. The second kappa shape index (κ2) is 7.77. The molecule has 0 radical (unpaired) electrons. The Morgan fingerprint density at radius 2 is 1.70 bits per heavy atom. The van der Waals surface area contributed by atoms with Gasteiger partial charge in [0, 0.05) is 15.4 Å². The fraction of sp³-hybridized carbons (Fsp3) is 0.0769. The Kier molecular flexibility index (Phi) is 4.72. The molecule has 0 bridgehead atoms. The molecule has 160 valence electrons. The number of hydrogen-bond acceptors (Lipinski definition) is 6. The SMILES string of the molecule is COc1ccc(C2C(C#N)=C3Sc4ccccc4N3C(=N)C2=C2Nc3ccccc3S2)cc1. The van der Waals surface area contributed by atoms with Crippen molar-refractivity contribution in [3.05, 3.63) is 99.6 Å². The van der Waals surface area contributed by atoms with Crippen LogP contribution in [0.1, 0.15) is 11.5 Å². The summed E-state index contributed by atoms with van der Waals surface area (Å²) >= 11 is 3.18. The number of amidine groups is 1. The molecule has 7 heteroatoms. The maximum Gasteiger partial charge on any atom is 0.137 e. The van der Waals surface area contributed by atoms with Crippen LogP contribution < -0.4 is 15.0 Å². The molecule has 6 rings (SSSR count). The maximum absolute atomic E-state index is 10.4. The third kappa shape index (κ3) is 3.06. The molecule has 3 aliphatic heterocycles. The van der Waals surface area contributed by atoms with Crippen LogP contribution in [0.2, 0.25) is 0 Å². The van der Waals surface area contributed by atoms with Crippen molar-refractivity contribution in [1.29, 1.82) is 10.7 Å². The van der Waals surface area contributed by atoms with Crippen LogP contribution in [0.3, 0.4) is 0 Å². The minimum Gasteiger partial charge on any atom is -0.497 e. The van der Waals surface area contributed by atoms with E-state index < -0.39 is 0 Å². The van der Waals surface area contributed by atoms with E-state index in [1.54, 1.807) is 30.6 Å². The lowest BCUT2D eigenvalue weighted by Gasteiger charge is -2.35. The Hall–Kier alpha value is -3.60. The lowest BCUT2D eigenvalue weighted by atomic mass is 9.82. The number of methoxy groups -OCH3 is 1. The maximum atomic E-state index is 10.4. The highest BCUT2D eigenvalue weighted by Gasteiger charge is 2.44. The van der Waals surface area contributed by atoms with Crippen molar-refractivity contribution in [2.45, 2.75) is 15.7 Å². The quantitative estimate of drug-likeness (QED) is 0.446. The molecule has 3 aromatic carbocycles. The molecule has 3 aromatic rings. The Balaban J connectivity index is 1.59. The second-order valence-corrected chi connectivity index (χ2v) is 9.84. The van der Waals surface area contributed by atoms with E-state index in [0.717, 1.165) is 48.1 Å². The highest BCUT2D eigenvalue weighted by atomic mass is 32.2. The first-order valence-electron chi connectivity index (χ1n) is 10.4. The third-order valence-corrected chi connectivity index (χ3v) is 8.23. The zero-order chi connectivity index (χ0) is 22.5. The molecular weight excluding hydrogens is 448 g/mol. The topological polar surface area (TPSA) is 72.1 Å². The van der Waals surface area contributed by atoms with Crippen LogP contribution in [-0.2, 0) is 0 Å². The predicted molar refractivity (Wildman–Crippen MR) is 134 cm³/mol. The van der Waals surface area contributed by atoms with Gasteiger partial charge in [0.05, 0.1) is 41.1 Å². The van der Waals surface area contributed by atoms with Gasteiger partial charge in [0.1, 0.15) is 16.6 Å². The molecule has 1 unspecified atom stereocenters. The molecule has 0 spiro atoms. The molecule has 0 aromatic heterocycles. The first-order chi connectivity index (χ1) is 16.2.